The van der Waals surface area contributed by atoms with Crippen LogP contribution in [0.5, 0.6) is 0 Å². The first-order valence-electron chi connectivity index (χ1n) is 5.43. The number of carboxylic acids is 1. The summed E-state index contributed by atoms with van der Waals surface area (Å²) in [5.41, 5.74) is -0.493. The quantitative estimate of drug-likeness (QED) is 0.484. The van der Waals surface area contributed by atoms with Gasteiger partial charge in [0, 0.05) is 12.6 Å². The molecule has 0 amide bonds. The van der Waals surface area contributed by atoms with Crippen LogP contribution in [0, 0.1) is 10.1 Å². The first-order valence-corrected chi connectivity index (χ1v) is 7.09. The minimum absolute atomic E-state index is 0.0406. The number of benzene rings is 1. The Morgan fingerprint density at radius 1 is 1.45 bits per heavy atom. The van der Waals surface area contributed by atoms with Crippen LogP contribution in [-0.2, 0) is 10.0 Å². The zero-order chi connectivity index (χ0) is 15.3. The summed E-state index contributed by atoms with van der Waals surface area (Å²) in [6, 6.07) is 3.25. The number of nitro groups is 1. The van der Waals surface area contributed by atoms with Crippen LogP contribution < -0.4 is 10.0 Å². The Morgan fingerprint density at radius 2 is 2.10 bits per heavy atom. The van der Waals surface area contributed by atoms with Crippen LogP contribution in [-0.4, -0.2) is 43.8 Å². The first kappa shape index (κ1) is 15.9. The van der Waals surface area contributed by atoms with Gasteiger partial charge in [0.05, 0.1) is 16.2 Å². The second-order valence-electron chi connectivity index (χ2n) is 3.74. The number of carbonyl (C=O) groups is 1. The fourth-order valence-electron chi connectivity index (χ4n) is 1.39. The molecule has 0 aliphatic heterocycles. The van der Waals surface area contributed by atoms with E-state index in [1.807, 2.05) is 0 Å². The average molecular weight is 303 g/mol. The second-order valence-corrected chi connectivity index (χ2v) is 5.79. The molecule has 0 spiro atoms. The van der Waals surface area contributed by atoms with Crippen LogP contribution in [0.25, 0.3) is 0 Å². The van der Waals surface area contributed by atoms with E-state index in [1.165, 1.54) is 7.05 Å². The molecule has 1 aromatic rings. The molecule has 0 saturated heterocycles. The number of sulfonamides is 1. The Labute approximate surface area is 114 Å². The molecule has 1 aromatic carbocycles. The van der Waals surface area contributed by atoms with E-state index in [0.717, 1.165) is 18.2 Å². The molecule has 0 aromatic heterocycles. The maximum Gasteiger partial charge on any atom is 0.335 e. The number of carboxylic acid groups (broad SMARTS) is 1. The van der Waals surface area contributed by atoms with E-state index in [2.05, 4.69) is 10.0 Å². The molecule has 1 rings (SSSR count). The molecule has 3 N–H and O–H groups in total. The highest BCUT2D eigenvalue weighted by Crippen LogP contribution is 2.25. The van der Waals surface area contributed by atoms with Crippen molar-refractivity contribution in [3.05, 3.63) is 33.9 Å². The minimum Gasteiger partial charge on any atom is -0.478 e. The van der Waals surface area contributed by atoms with Gasteiger partial charge in [0.2, 0.25) is 10.0 Å². The lowest BCUT2D eigenvalue weighted by Gasteiger charge is -2.08. The van der Waals surface area contributed by atoms with Crippen molar-refractivity contribution in [2.24, 2.45) is 0 Å². The molecule has 0 radical (unpaired) electrons. The first-order chi connectivity index (χ1) is 9.26. The molecule has 0 heterocycles. The Hall–Kier alpha value is -2.20. The number of nitrogens with one attached hydrogen (secondary N) is 2. The largest absolute Gasteiger partial charge is 0.478 e. The molecule has 20 heavy (non-hydrogen) atoms. The number of aromatic carboxylic acids is 1. The van der Waals surface area contributed by atoms with Crippen molar-refractivity contribution in [2.75, 3.05) is 24.7 Å². The number of hydrogen-bond donors (Lipinski definition) is 3. The maximum absolute atomic E-state index is 11.2. The van der Waals surface area contributed by atoms with Crippen molar-refractivity contribution in [2.45, 2.75) is 0 Å². The van der Waals surface area contributed by atoms with Crippen molar-refractivity contribution in [3.8, 4) is 0 Å². The highest BCUT2D eigenvalue weighted by atomic mass is 32.2. The smallest absolute Gasteiger partial charge is 0.335 e. The monoisotopic (exact) mass is 303 g/mol. The van der Waals surface area contributed by atoms with Gasteiger partial charge in [-0.3, -0.25) is 10.1 Å². The van der Waals surface area contributed by atoms with E-state index in [9.17, 15) is 23.3 Å². The molecule has 0 atom stereocenters. The predicted octanol–water partition coefficient (Wildman–Crippen LogP) is 0.254. The Kier molecular flexibility index (Phi) is 5.00. The van der Waals surface area contributed by atoms with Crippen LogP contribution in [0.4, 0.5) is 11.4 Å². The second kappa shape index (κ2) is 6.30. The van der Waals surface area contributed by atoms with Gasteiger partial charge in [-0.25, -0.2) is 17.9 Å². The highest BCUT2D eigenvalue weighted by Gasteiger charge is 2.17. The van der Waals surface area contributed by atoms with Gasteiger partial charge in [0.1, 0.15) is 5.69 Å². The van der Waals surface area contributed by atoms with Gasteiger partial charge in [0.15, 0.2) is 0 Å². The van der Waals surface area contributed by atoms with Gasteiger partial charge < -0.3 is 10.4 Å². The molecular weight excluding hydrogens is 290 g/mol. The molecule has 0 unspecified atom stereocenters. The zero-order valence-electron chi connectivity index (χ0n) is 10.5. The fourth-order valence-corrected chi connectivity index (χ4v) is 1.97. The van der Waals surface area contributed by atoms with Gasteiger partial charge in [-0.1, -0.05) is 0 Å². The maximum atomic E-state index is 11.2. The average Bonchev–Trinajstić information content (AvgIpc) is 2.38. The third-order valence-corrected chi connectivity index (χ3v) is 3.80. The minimum atomic E-state index is -3.45. The number of nitro benzene ring substituents is 1. The lowest BCUT2D eigenvalue weighted by atomic mass is 10.1. The molecule has 0 fully saturated rings. The van der Waals surface area contributed by atoms with Gasteiger partial charge in [-0.05, 0) is 19.2 Å². The summed E-state index contributed by atoms with van der Waals surface area (Å²) in [6.45, 7) is -0.0902. The molecule has 0 saturated carbocycles. The summed E-state index contributed by atoms with van der Waals surface area (Å²) in [4.78, 5) is 20.9. The molecule has 110 valence electrons. The van der Waals surface area contributed by atoms with Crippen LogP contribution in [0.2, 0.25) is 0 Å². The van der Waals surface area contributed by atoms with E-state index in [-0.39, 0.29) is 29.2 Å². The third-order valence-electron chi connectivity index (χ3n) is 2.44. The lowest BCUT2D eigenvalue weighted by molar-refractivity contribution is -0.384. The van der Waals surface area contributed by atoms with E-state index in [1.54, 1.807) is 0 Å². The Balaban J connectivity index is 2.94. The van der Waals surface area contributed by atoms with Gasteiger partial charge in [0.25, 0.3) is 5.69 Å². The highest BCUT2D eigenvalue weighted by molar-refractivity contribution is 7.89. The SMILES string of the molecule is CNS(=O)(=O)CCNc1cc(C(=O)O)ccc1[N+](=O)[O-]. The Bertz CT molecular complexity index is 628. The lowest BCUT2D eigenvalue weighted by Crippen LogP contribution is -2.26. The summed E-state index contributed by atoms with van der Waals surface area (Å²) in [7, 11) is -2.20. The molecule has 0 aliphatic carbocycles. The third kappa shape index (κ3) is 4.17. The van der Waals surface area contributed by atoms with E-state index >= 15 is 0 Å². The summed E-state index contributed by atoms with van der Waals surface area (Å²) >= 11 is 0. The van der Waals surface area contributed by atoms with E-state index < -0.39 is 20.9 Å². The standard InChI is InChI=1S/C10H13N3O6S/c1-11-20(18,19)5-4-12-8-6-7(10(14)15)2-3-9(8)13(16)17/h2-3,6,11-12H,4-5H2,1H3,(H,14,15). The topological polar surface area (TPSA) is 139 Å². The summed E-state index contributed by atoms with van der Waals surface area (Å²) in [6.07, 6.45) is 0. The van der Waals surface area contributed by atoms with Gasteiger partial charge >= 0.3 is 5.97 Å². The normalized spacial score (nSPS) is 11.1. The van der Waals surface area contributed by atoms with Crippen LogP contribution in [0.3, 0.4) is 0 Å². The Morgan fingerprint density at radius 3 is 2.60 bits per heavy atom. The number of hydrogen-bond acceptors (Lipinski definition) is 6. The van der Waals surface area contributed by atoms with Crippen LogP contribution in [0.1, 0.15) is 10.4 Å². The van der Waals surface area contributed by atoms with E-state index in [4.69, 9.17) is 5.11 Å². The van der Waals surface area contributed by atoms with Crippen molar-refractivity contribution < 1.29 is 23.2 Å². The number of anilines is 1. The van der Waals surface area contributed by atoms with Crippen LogP contribution >= 0.6 is 0 Å². The summed E-state index contributed by atoms with van der Waals surface area (Å²) in [5, 5.41) is 22.2. The van der Waals surface area contributed by atoms with Gasteiger partial charge in [-0.15, -0.1) is 0 Å². The molecular formula is C10H13N3O6S. The van der Waals surface area contributed by atoms with E-state index in [0.29, 0.717) is 0 Å². The fraction of sp³-hybridized carbons (Fsp3) is 0.300. The van der Waals surface area contributed by atoms with Gasteiger partial charge in [-0.2, -0.15) is 0 Å². The molecule has 0 bridgehead atoms. The summed E-state index contributed by atoms with van der Waals surface area (Å²) < 4.78 is 24.5. The van der Waals surface area contributed by atoms with Crippen molar-refractivity contribution >= 4 is 27.4 Å². The number of nitrogens with zero attached hydrogens (tertiary/aromatic N) is 1. The molecule has 0 aliphatic rings. The molecule has 9 nitrogen and oxygen atoms in total. The molecule has 10 heteroatoms. The summed E-state index contributed by atoms with van der Waals surface area (Å²) in [5.74, 6) is -1.52. The predicted molar refractivity (Wildman–Crippen MR) is 71.4 cm³/mol. The van der Waals surface area contributed by atoms with Crippen molar-refractivity contribution in [3.63, 3.8) is 0 Å². The number of rotatable bonds is 7. The van der Waals surface area contributed by atoms with Crippen molar-refractivity contribution in [1.29, 1.82) is 0 Å². The van der Waals surface area contributed by atoms with Crippen LogP contribution in [0.15, 0.2) is 18.2 Å². The zero-order valence-corrected chi connectivity index (χ0v) is 11.3. The van der Waals surface area contributed by atoms with Crippen molar-refractivity contribution in [1.82, 2.24) is 4.72 Å².